The van der Waals surface area contributed by atoms with Gasteiger partial charge in [-0.25, -0.2) is 8.78 Å². The van der Waals surface area contributed by atoms with Crippen molar-refractivity contribution < 1.29 is 8.78 Å². The van der Waals surface area contributed by atoms with Crippen molar-refractivity contribution in [3.8, 4) is 5.69 Å². The fourth-order valence-corrected chi connectivity index (χ4v) is 2.71. The van der Waals surface area contributed by atoms with Crippen molar-refractivity contribution in [2.75, 3.05) is 0 Å². The van der Waals surface area contributed by atoms with Crippen LogP contribution in [0.1, 0.15) is 0 Å². The lowest BCUT2D eigenvalue weighted by molar-refractivity contribution is 0.626. The molecular formula is C13H6Cl2F2N2S. The second-order valence-corrected chi connectivity index (χ2v) is 5.41. The first-order chi connectivity index (χ1) is 9.45. The summed E-state index contributed by atoms with van der Waals surface area (Å²) in [6.07, 6.45) is 0. The summed E-state index contributed by atoms with van der Waals surface area (Å²) in [7, 11) is 0. The van der Waals surface area contributed by atoms with Gasteiger partial charge in [0.2, 0.25) is 0 Å². The van der Waals surface area contributed by atoms with E-state index in [2.05, 4.69) is 4.98 Å². The maximum absolute atomic E-state index is 13.5. The maximum atomic E-state index is 13.5. The van der Waals surface area contributed by atoms with Crippen LogP contribution in [-0.2, 0) is 0 Å². The van der Waals surface area contributed by atoms with Crippen LogP contribution in [0.25, 0.3) is 16.7 Å². The smallest absolute Gasteiger partial charge is 0.182 e. The van der Waals surface area contributed by atoms with E-state index in [9.17, 15) is 8.78 Å². The van der Waals surface area contributed by atoms with Gasteiger partial charge in [0.1, 0.15) is 11.6 Å². The minimum atomic E-state index is -0.556. The number of imidazole rings is 1. The first-order valence-electron chi connectivity index (χ1n) is 5.52. The van der Waals surface area contributed by atoms with Crippen molar-refractivity contribution in [1.29, 1.82) is 0 Å². The molecule has 0 unspecified atom stereocenters. The largest absolute Gasteiger partial charge is 0.330 e. The zero-order valence-corrected chi connectivity index (χ0v) is 12.1. The van der Waals surface area contributed by atoms with Gasteiger partial charge >= 0.3 is 0 Å². The van der Waals surface area contributed by atoms with Crippen LogP contribution in [0.3, 0.4) is 0 Å². The molecule has 0 amide bonds. The van der Waals surface area contributed by atoms with Gasteiger partial charge < -0.3 is 4.98 Å². The van der Waals surface area contributed by atoms with Crippen molar-refractivity contribution in [2.24, 2.45) is 0 Å². The lowest BCUT2D eigenvalue weighted by atomic mass is 10.2. The molecule has 0 fully saturated rings. The lowest BCUT2D eigenvalue weighted by Crippen LogP contribution is -1.95. The molecule has 1 heterocycles. The number of fused-ring (bicyclic) bond motifs is 1. The molecule has 1 aromatic heterocycles. The Balaban J connectivity index is 2.38. The monoisotopic (exact) mass is 330 g/mol. The number of nitrogens with zero attached hydrogens (tertiary/aromatic N) is 1. The van der Waals surface area contributed by atoms with Crippen molar-refractivity contribution in [2.45, 2.75) is 0 Å². The minimum Gasteiger partial charge on any atom is -0.330 e. The average molecular weight is 331 g/mol. The number of aromatic nitrogens is 2. The van der Waals surface area contributed by atoms with Crippen molar-refractivity contribution in [3.05, 3.63) is 56.8 Å². The number of aromatic amines is 1. The summed E-state index contributed by atoms with van der Waals surface area (Å²) in [5.41, 5.74) is 1.45. The topological polar surface area (TPSA) is 20.7 Å². The van der Waals surface area contributed by atoms with Crippen LogP contribution in [0.2, 0.25) is 10.0 Å². The van der Waals surface area contributed by atoms with Crippen molar-refractivity contribution in [1.82, 2.24) is 9.55 Å². The third-order valence-corrected chi connectivity index (χ3v) is 3.62. The number of H-pyrrole nitrogens is 1. The molecule has 0 bridgehead atoms. The molecule has 0 aliphatic rings. The van der Waals surface area contributed by atoms with Crippen LogP contribution >= 0.6 is 35.4 Å². The summed E-state index contributed by atoms with van der Waals surface area (Å²) in [6.45, 7) is 0. The molecule has 0 aliphatic carbocycles. The third kappa shape index (κ3) is 2.22. The van der Waals surface area contributed by atoms with E-state index in [-0.39, 0.29) is 10.0 Å². The number of halogens is 4. The lowest BCUT2D eigenvalue weighted by Gasteiger charge is -2.06. The van der Waals surface area contributed by atoms with E-state index in [0.29, 0.717) is 21.5 Å². The quantitative estimate of drug-likeness (QED) is 0.602. The Labute approximate surface area is 127 Å². The van der Waals surface area contributed by atoms with E-state index in [1.807, 2.05) is 0 Å². The zero-order chi connectivity index (χ0) is 14.4. The van der Waals surface area contributed by atoms with Gasteiger partial charge in [0.25, 0.3) is 0 Å². The van der Waals surface area contributed by atoms with E-state index in [1.54, 1.807) is 10.6 Å². The number of rotatable bonds is 1. The van der Waals surface area contributed by atoms with Gasteiger partial charge in [0.05, 0.1) is 21.7 Å². The number of hydrogen-bond donors (Lipinski definition) is 1. The van der Waals surface area contributed by atoms with E-state index in [4.69, 9.17) is 35.4 Å². The first kappa shape index (κ1) is 13.5. The van der Waals surface area contributed by atoms with Crippen LogP contribution in [0.5, 0.6) is 0 Å². The zero-order valence-electron chi connectivity index (χ0n) is 9.75. The van der Waals surface area contributed by atoms with Crippen molar-refractivity contribution >= 4 is 46.5 Å². The average Bonchev–Trinajstić information content (AvgIpc) is 2.64. The van der Waals surface area contributed by atoms with Crippen molar-refractivity contribution in [3.63, 3.8) is 0 Å². The Morgan fingerprint density at radius 2 is 1.80 bits per heavy atom. The molecule has 3 aromatic rings. The highest BCUT2D eigenvalue weighted by Crippen LogP contribution is 2.27. The molecule has 20 heavy (non-hydrogen) atoms. The molecule has 0 radical (unpaired) electrons. The standard InChI is InChI=1S/C13H6Cl2F2N2S/c14-6-1-7(16)3-8(2-6)19-12-4-9(15)10(17)5-11(12)18-13(19)20/h1-5H,(H,18,20). The predicted octanol–water partition coefficient (Wildman–Crippen LogP) is 5.27. The van der Waals surface area contributed by atoms with E-state index >= 15 is 0 Å². The van der Waals surface area contributed by atoms with Gasteiger partial charge in [-0.3, -0.25) is 4.57 Å². The molecule has 2 aromatic carbocycles. The Hall–Kier alpha value is -1.43. The molecule has 2 nitrogen and oxygen atoms in total. The molecule has 102 valence electrons. The van der Waals surface area contributed by atoms with Crippen LogP contribution in [0.15, 0.2) is 30.3 Å². The van der Waals surface area contributed by atoms with Crippen LogP contribution in [-0.4, -0.2) is 9.55 Å². The van der Waals surface area contributed by atoms with Gasteiger partial charge in [0.15, 0.2) is 4.77 Å². The second-order valence-electron chi connectivity index (χ2n) is 4.18. The van der Waals surface area contributed by atoms with Gasteiger partial charge in [-0.05, 0) is 36.5 Å². The van der Waals surface area contributed by atoms with Gasteiger partial charge in [-0.1, -0.05) is 23.2 Å². The summed E-state index contributed by atoms with van der Waals surface area (Å²) in [5.74, 6) is -1.04. The van der Waals surface area contributed by atoms with Crippen LogP contribution < -0.4 is 0 Å². The Morgan fingerprint density at radius 3 is 2.50 bits per heavy atom. The first-order valence-corrected chi connectivity index (χ1v) is 6.68. The molecule has 0 saturated carbocycles. The number of nitrogens with one attached hydrogen (secondary N) is 1. The van der Waals surface area contributed by atoms with E-state index in [0.717, 1.165) is 0 Å². The molecule has 1 N–H and O–H groups in total. The number of hydrogen-bond acceptors (Lipinski definition) is 1. The normalized spacial score (nSPS) is 11.2. The summed E-state index contributed by atoms with van der Waals surface area (Å²) < 4.78 is 28.8. The SMILES string of the molecule is Fc1cc(Cl)cc(-n2c(=S)[nH]c3cc(F)c(Cl)cc32)c1. The predicted molar refractivity (Wildman–Crippen MR) is 78.4 cm³/mol. The second kappa shape index (κ2) is 4.84. The third-order valence-electron chi connectivity index (χ3n) is 2.83. The minimum absolute atomic E-state index is 0.0391. The molecule has 0 atom stereocenters. The Morgan fingerprint density at radius 1 is 1.05 bits per heavy atom. The molecule has 0 spiro atoms. The highest BCUT2D eigenvalue weighted by atomic mass is 35.5. The fraction of sp³-hybridized carbons (Fsp3) is 0. The summed E-state index contributed by atoms with van der Waals surface area (Å²) >= 11 is 16.8. The number of benzene rings is 2. The molecule has 0 saturated heterocycles. The van der Waals surface area contributed by atoms with Crippen LogP contribution in [0, 0.1) is 16.4 Å². The summed E-state index contributed by atoms with van der Waals surface area (Å²) in [5, 5.41) is 0.201. The maximum Gasteiger partial charge on any atom is 0.182 e. The molecule has 0 aliphatic heterocycles. The Kier molecular flexibility index (Phi) is 3.28. The summed E-state index contributed by atoms with van der Waals surface area (Å²) in [6, 6.07) is 6.70. The van der Waals surface area contributed by atoms with E-state index < -0.39 is 11.6 Å². The molecular weight excluding hydrogens is 325 g/mol. The van der Waals surface area contributed by atoms with Gasteiger partial charge in [0, 0.05) is 11.1 Å². The fourth-order valence-electron chi connectivity index (χ4n) is 2.03. The highest BCUT2D eigenvalue weighted by molar-refractivity contribution is 7.71. The summed E-state index contributed by atoms with van der Waals surface area (Å²) in [4.78, 5) is 2.85. The van der Waals surface area contributed by atoms with E-state index in [1.165, 1.54) is 24.3 Å². The molecule has 3 rings (SSSR count). The highest BCUT2D eigenvalue weighted by Gasteiger charge is 2.11. The Bertz CT molecular complexity index is 866. The molecule has 7 heteroatoms. The van der Waals surface area contributed by atoms with Gasteiger partial charge in [-0.15, -0.1) is 0 Å². The van der Waals surface area contributed by atoms with Crippen LogP contribution in [0.4, 0.5) is 8.78 Å². The van der Waals surface area contributed by atoms with Gasteiger partial charge in [-0.2, -0.15) is 0 Å².